The van der Waals surface area contributed by atoms with Crippen LogP contribution in [-0.4, -0.2) is 46.5 Å². The third-order valence-electron chi connectivity index (χ3n) is 1.62. The van der Waals surface area contributed by atoms with Gasteiger partial charge in [-0.15, -0.1) is 4.91 Å². The monoisotopic (exact) mass is 163 g/mol. The van der Waals surface area contributed by atoms with Gasteiger partial charge in [0.25, 0.3) is 0 Å². The summed E-state index contributed by atoms with van der Waals surface area (Å²) < 4.78 is 4.66. The first-order chi connectivity index (χ1) is 5.20. The third kappa shape index (κ3) is 1.38. The highest BCUT2D eigenvalue weighted by atomic mass is 16.6. The molecule has 3 N–H and O–H groups in total. The summed E-state index contributed by atoms with van der Waals surface area (Å²) in [5, 5.41) is 29.0. The van der Waals surface area contributed by atoms with Crippen molar-refractivity contribution in [2.75, 3.05) is 6.61 Å². The standard InChI is InChI=1S/C5H9NO5/c7-1-2-3(8)4(9)5(6-10)11-2/h2-5,7-9H,1H2/t2?,3-,4-,5-/m1/s1. The van der Waals surface area contributed by atoms with Crippen LogP contribution in [0.4, 0.5) is 0 Å². The van der Waals surface area contributed by atoms with Crippen LogP contribution in [0.2, 0.25) is 0 Å². The molecule has 6 nitrogen and oxygen atoms in total. The smallest absolute Gasteiger partial charge is 0.218 e. The van der Waals surface area contributed by atoms with Crippen molar-refractivity contribution < 1.29 is 20.1 Å². The highest BCUT2D eigenvalue weighted by Gasteiger charge is 2.43. The first kappa shape index (κ1) is 8.54. The zero-order chi connectivity index (χ0) is 8.43. The van der Waals surface area contributed by atoms with Gasteiger partial charge in [0.2, 0.25) is 6.23 Å². The van der Waals surface area contributed by atoms with Crippen LogP contribution in [0.15, 0.2) is 5.18 Å². The summed E-state index contributed by atoms with van der Waals surface area (Å²) in [5.74, 6) is 0. The Kier molecular flexibility index (Phi) is 2.50. The maximum absolute atomic E-state index is 9.90. The first-order valence-electron chi connectivity index (χ1n) is 3.15. The third-order valence-corrected chi connectivity index (χ3v) is 1.62. The molecule has 1 aliphatic heterocycles. The number of nitrogens with zero attached hydrogens (tertiary/aromatic N) is 1. The Morgan fingerprint density at radius 2 is 2.00 bits per heavy atom. The van der Waals surface area contributed by atoms with E-state index < -0.39 is 31.1 Å². The van der Waals surface area contributed by atoms with Crippen molar-refractivity contribution in [1.82, 2.24) is 0 Å². The molecule has 0 aromatic rings. The van der Waals surface area contributed by atoms with Crippen molar-refractivity contribution in [3.8, 4) is 0 Å². The second-order valence-electron chi connectivity index (χ2n) is 2.33. The van der Waals surface area contributed by atoms with Gasteiger partial charge in [0, 0.05) is 0 Å². The van der Waals surface area contributed by atoms with Crippen molar-refractivity contribution >= 4 is 0 Å². The molecule has 1 aliphatic rings. The Hall–Kier alpha value is -0.560. The number of aliphatic hydroxyl groups excluding tert-OH is 3. The van der Waals surface area contributed by atoms with E-state index in [1.807, 2.05) is 0 Å². The average Bonchev–Trinajstić information content (AvgIpc) is 2.30. The quantitative estimate of drug-likeness (QED) is 0.417. The van der Waals surface area contributed by atoms with Gasteiger partial charge in [-0.25, -0.2) is 0 Å². The van der Waals surface area contributed by atoms with Crippen LogP contribution in [0.25, 0.3) is 0 Å². The summed E-state index contributed by atoms with van der Waals surface area (Å²) in [6, 6.07) is 0. The fourth-order valence-electron chi connectivity index (χ4n) is 0.967. The molecule has 64 valence electrons. The first-order valence-corrected chi connectivity index (χ1v) is 3.15. The number of ether oxygens (including phenoxy) is 1. The average molecular weight is 163 g/mol. The van der Waals surface area contributed by atoms with Crippen molar-refractivity contribution in [2.45, 2.75) is 24.5 Å². The maximum Gasteiger partial charge on any atom is 0.218 e. The Morgan fingerprint density at radius 3 is 2.27 bits per heavy atom. The molecule has 4 atom stereocenters. The predicted molar refractivity (Wildman–Crippen MR) is 33.6 cm³/mol. The molecule has 1 fully saturated rings. The van der Waals surface area contributed by atoms with Crippen molar-refractivity contribution in [3.63, 3.8) is 0 Å². The lowest BCUT2D eigenvalue weighted by Gasteiger charge is -2.09. The van der Waals surface area contributed by atoms with E-state index in [9.17, 15) is 4.91 Å². The molecule has 1 heterocycles. The zero-order valence-electron chi connectivity index (χ0n) is 5.62. The van der Waals surface area contributed by atoms with Crippen LogP contribution < -0.4 is 0 Å². The molecule has 0 amide bonds. The highest BCUT2D eigenvalue weighted by molar-refractivity contribution is 4.88. The predicted octanol–water partition coefficient (Wildman–Crippen LogP) is -1.81. The van der Waals surface area contributed by atoms with E-state index in [-0.39, 0.29) is 0 Å². The number of nitroso groups, excluding NO2 is 1. The number of hydrogen-bond acceptors (Lipinski definition) is 6. The summed E-state index contributed by atoms with van der Waals surface area (Å²) in [6.45, 7) is -0.440. The Balaban J connectivity index is 2.60. The summed E-state index contributed by atoms with van der Waals surface area (Å²) in [6.07, 6.45) is -4.73. The second-order valence-corrected chi connectivity index (χ2v) is 2.33. The van der Waals surface area contributed by atoms with E-state index in [1.165, 1.54) is 0 Å². The van der Waals surface area contributed by atoms with Gasteiger partial charge in [0.05, 0.1) is 6.61 Å². The number of aliphatic hydroxyl groups is 3. The maximum atomic E-state index is 9.90. The van der Waals surface area contributed by atoms with E-state index in [0.29, 0.717) is 0 Å². The Bertz CT molecular complexity index is 152. The summed E-state index contributed by atoms with van der Waals surface area (Å²) in [5.41, 5.74) is 0. The van der Waals surface area contributed by atoms with E-state index in [4.69, 9.17) is 15.3 Å². The largest absolute Gasteiger partial charge is 0.394 e. The minimum Gasteiger partial charge on any atom is -0.394 e. The summed E-state index contributed by atoms with van der Waals surface area (Å²) >= 11 is 0. The van der Waals surface area contributed by atoms with Crippen LogP contribution in [0.1, 0.15) is 0 Å². The molecule has 0 radical (unpaired) electrons. The topological polar surface area (TPSA) is 99.4 Å². The van der Waals surface area contributed by atoms with Crippen molar-refractivity contribution in [3.05, 3.63) is 4.91 Å². The fraction of sp³-hybridized carbons (Fsp3) is 1.00. The fourth-order valence-corrected chi connectivity index (χ4v) is 0.967. The van der Waals surface area contributed by atoms with Crippen molar-refractivity contribution in [1.29, 1.82) is 0 Å². The minimum absolute atomic E-state index is 0.440. The molecule has 1 unspecified atom stereocenters. The molecule has 1 rings (SSSR count). The van der Waals surface area contributed by atoms with E-state index in [0.717, 1.165) is 0 Å². The van der Waals surface area contributed by atoms with Crippen LogP contribution >= 0.6 is 0 Å². The van der Waals surface area contributed by atoms with Gasteiger partial charge in [-0.1, -0.05) is 0 Å². The lowest BCUT2D eigenvalue weighted by molar-refractivity contribution is -0.0197. The summed E-state index contributed by atoms with van der Waals surface area (Å²) in [4.78, 5) is 9.90. The van der Waals surface area contributed by atoms with Gasteiger partial charge in [-0.05, 0) is 5.18 Å². The van der Waals surface area contributed by atoms with Gasteiger partial charge in [0.15, 0.2) is 0 Å². The SMILES string of the molecule is O=N[C@@H]1OC(CO)[C@@H](O)[C@H]1O. The van der Waals surface area contributed by atoms with Gasteiger partial charge < -0.3 is 20.1 Å². The van der Waals surface area contributed by atoms with Gasteiger partial charge >= 0.3 is 0 Å². The molecule has 11 heavy (non-hydrogen) atoms. The highest BCUT2D eigenvalue weighted by Crippen LogP contribution is 2.21. The normalized spacial score (nSPS) is 44.3. The number of rotatable bonds is 2. The molecule has 0 aromatic carbocycles. The Labute approximate surface area is 62.4 Å². The molecule has 0 saturated carbocycles. The van der Waals surface area contributed by atoms with E-state index in [1.54, 1.807) is 0 Å². The van der Waals surface area contributed by atoms with Crippen LogP contribution in [0, 0.1) is 4.91 Å². The van der Waals surface area contributed by atoms with Crippen LogP contribution in [0.3, 0.4) is 0 Å². The van der Waals surface area contributed by atoms with Gasteiger partial charge in [-0.3, -0.25) is 0 Å². The van der Waals surface area contributed by atoms with Gasteiger partial charge in [0.1, 0.15) is 18.3 Å². The molecule has 1 saturated heterocycles. The Morgan fingerprint density at radius 1 is 1.36 bits per heavy atom. The molecule has 0 spiro atoms. The molecule has 0 bridgehead atoms. The molecule has 6 heteroatoms. The van der Waals surface area contributed by atoms with Gasteiger partial charge in [-0.2, -0.15) is 0 Å². The number of hydrogen-bond donors (Lipinski definition) is 3. The van der Waals surface area contributed by atoms with E-state index in [2.05, 4.69) is 9.91 Å². The lowest BCUT2D eigenvalue weighted by atomic mass is 10.1. The van der Waals surface area contributed by atoms with E-state index >= 15 is 0 Å². The molecule has 0 aliphatic carbocycles. The molecular formula is C5H9NO5. The van der Waals surface area contributed by atoms with Crippen LogP contribution in [0.5, 0.6) is 0 Å². The second kappa shape index (κ2) is 3.22. The van der Waals surface area contributed by atoms with Crippen LogP contribution in [-0.2, 0) is 4.74 Å². The zero-order valence-corrected chi connectivity index (χ0v) is 5.62. The molecular weight excluding hydrogens is 154 g/mol. The lowest BCUT2D eigenvalue weighted by Crippen LogP contribution is -2.33. The molecule has 0 aromatic heterocycles. The van der Waals surface area contributed by atoms with Crippen molar-refractivity contribution in [2.24, 2.45) is 5.18 Å². The summed E-state index contributed by atoms with van der Waals surface area (Å²) in [7, 11) is 0. The minimum atomic E-state index is -1.33.